The minimum Gasteiger partial charge on any atom is -0.362 e. The Bertz CT molecular complexity index is 306. The summed E-state index contributed by atoms with van der Waals surface area (Å²) in [6, 6.07) is 0. The summed E-state index contributed by atoms with van der Waals surface area (Å²) >= 11 is 0. The average molecular weight is 243 g/mol. The molecule has 1 aliphatic heterocycles. The fourth-order valence-corrected chi connectivity index (χ4v) is 1.86. The zero-order valence-electron chi connectivity index (χ0n) is 10.9. The highest BCUT2D eigenvalue weighted by Crippen LogP contribution is 2.17. The lowest BCUT2D eigenvalue weighted by Gasteiger charge is -2.39. The van der Waals surface area contributed by atoms with Gasteiger partial charge in [-0.2, -0.15) is 0 Å². The van der Waals surface area contributed by atoms with E-state index in [2.05, 4.69) is 5.32 Å². The Kier molecular flexibility index (Phi) is 4.47. The number of morpholine rings is 1. The molecule has 98 valence electrons. The van der Waals surface area contributed by atoms with Crippen LogP contribution >= 0.6 is 0 Å². The second kappa shape index (κ2) is 5.46. The van der Waals surface area contributed by atoms with Crippen molar-refractivity contribution < 1.29 is 14.3 Å². The monoisotopic (exact) mass is 243 g/mol. The van der Waals surface area contributed by atoms with Crippen molar-refractivity contribution >= 4 is 11.8 Å². The van der Waals surface area contributed by atoms with Crippen LogP contribution in [-0.2, 0) is 14.3 Å². The topological polar surface area (TPSA) is 61.9 Å². The minimum atomic E-state index is -0.936. The van der Waals surface area contributed by atoms with E-state index in [0.29, 0.717) is 26.2 Å². The van der Waals surface area contributed by atoms with Crippen molar-refractivity contribution in [1.82, 2.24) is 15.1 Å². The van der Waals surface area contributed by atoms with Gasteiger partial charge in [-0.1, -0.05) is 0 Å². The molecular formula is C11H21N3O3. The predicted molar refractivity (Wildman–Crippen MR) is 63.6 cm³/mol. The van der Waals surface area contributed by atoms with E-state index in [1.54, 1.807) is 18.9 Å². The minimum absolute atomic E-state index is 0.0217. The predicted octanol–water partition coefficient (Wildman–Crippen LogP) is -1.09. The average Bonchev–Trinajstić information content (AvgIpc) is 2.27. The first kappa shape index (κ1) is 13.9. The molecule has 6 nitrogen and oxygen atoms in total. The highest BCUT2D eigenvalue weighted by Gasteiger charge is 2.40. The van der Waals surface area contributed by atoms with Gasteiger partial charge in [0.2, 0.25) is 5.91 Å². The maximum Gasteiger partial charge on any atom is 0.253 e. The third-order valence-electron chi connectivity index (χ3n) is 2.79. The summed E-state index contributed by atoms with van der Waals surface area (Å²) in [7, 11) is 5.25. The number of rotatable bonds is 3. The van der Waals surface area contributed by atoms with Gasteiger partial charge in [-0.15, -0.1) is 0 Å². The Hall–Kier alpha value is -1.14. The maximum atomic E-state index is 11.9. The van der Waals surface area contributed by atoms with Gasteiger partial charge in [0.05, 0.1) is 19.7 Å². The molecule has 0 aromatic heterocycles. The first-order valence-electron chi connectivity index (χ1n) is 5.67. The highest BCUT2D eigenvalue weighted by molar-refractivity contribution is 5.86. The zero-order valence-corrected chi connectivity index (χ0v) is 10.9. The SMILES string of the molecule is CNC(=O)[C@@]1(C)CN(C(=O)CN(C)C)CCO1. The molecule has 1 N–H and O–H groups in total. The molecule has 0 aliphatic carbocycles. The second-order valence-corrected chi connectivity index (χ2v) is 4.71. The van der Waals surface area contributed by atoms with Crippen LogP contribution < -0.4 is 5.32 Å². The van der Waals surface area contributed by atoms with Crippen LogP contribution in [0.25, 0.3) is 0 Å². The largest absolute Gasteiger partial charge is 0.362 e. The lowest BCUT2D eigenvalue weighted by Crippen LogP contribution is -2.59. The number of amides is 2. The molecule has 0 radical (unpaired) electrons. The molecule has 0 spiro atoms. The van der Waals surface area contributed by atoms with E-state index in [4.69, 9.17) is 4.74 Å². The molecule has 0 aromatic carbocycles. The molecular weight excluding hydrogens is 222 g/mol. The molecule has 1 saturated heterocycles. The summed E-state index contributed by atoms with van der Waals surface area (Å²) in [5.74, 6) is -0.173. The third-order valence-corrected chi connectivity index (χ3v) is 2.79. The molecule has 2 amide bonds. The number of nitrogens with one attached hydrogen (secondary N) is 1. The van der Waals surface area contributed by atoms with Gasteiger partial charge in [-0.25, -0.2) is 0 Å². The van der Waals surface area contributed by atoms with Crippen molar-refractivity contribution in [1.29, 1.82) is 0 Å². The fraction of sp³-hybridized carbons (Fsp3) is 0.818. The summed E-state index contributed by atoms with van der Waals surface area (Å²) in [5.41, 5.74) is -0.936. The summed E-state index contributed by atoms with van der Waals surface area (Å²) in [5, 5.41) is 2.56. The smallest absolute Gasteiger partial charge is 0.253 e. The number of ether oxygens (including phenoxy) is 1. The van der Waals surface area contributed by atoms with E-state index in [1.165, 1.54) is 0 Å². The Balaban J connectivity index is 2.66. The molecule has 1 atom stereocenters. The van der Waals surface area contributed by atoms with Crippen LogP contribution in [0.3, 0.4) is 0 Å². The standard InChI is InChI=1S/C11H21N3O3/c1-11(10(16)12-2)8-14(5-6-17-11)9(15)7-13(3)4/h5-8H2,1-4H3,(H,12,16)/t11-/m1/s1. The van der Waals surface area contributed by atoms with Gasteiger partial charge < -0.3 is 19.9 Å². The Morgan fingerprint density at radius 2 is 2.12 bits per heavy atom. The molecule has 0 aromatic rings. The molecule has 1 rings (SSSR count). The first-order chi connectivity index (χ1) is 7.89. The van der Waals surface area contributed by atoms with E-state index >= 15 is 0 Å². The van der Waals surface area contributed by atoms with Crippen molar-refractivity contribution in [3.05, 3.63) is 0 Å². The number of hydrogen-bond donors (Lipinski definition) is 1. The molecule has 6 heteroatoms. The fourth-order valence-electron chi connectivity index (χ4n) is 1.86. The number of likely N-dealkylation sites (N-methyl/N-ethyl adjacent to an activating group) is 2. The zero-order chi connectivity index (χ0) is 13.1. The lowest BCUT2D eigenvalue weighted by molar-refractivity contribution is -0.162. The summed E-state index contributed by atoms with van der Waals surface area (Å²) < 4.78 is 5.48. The normalized spacial score (nSPS) is 24.9. The van der Waals surface area contributed by atoms with Crippen LogP contribution in [0.5, 0.6) is 0 Å². The van der Waals surface area contributed by atoms with Gasteiger partial charge in [0.1, 0.15) is 0 Å². The van der Waals surface area contributed by atoms with Gasteiger partial charge >= 0.3 is 0 Å². The van der Waals surface area contributed by atoms with Crippen LogP contribution in [0.1, 0.15) is 6.92 Å². The summed E-state index contributed by atoms with van der Waals surface area (Å²) in [4.78, 5) is 27.1. The van der Waals surface area contributed by atoms with E-state index in [9.17, 15) is 9.59 Å². The van der Waals surface area contributed by atoms with Crippen molar-refractivity contribution in [2.45, 2.75) is 12.5 Å². The van der Waals surface area contributed by atoms with E-state index in [-0.39, 0.29) is 11.8 Å². The van der Waals surface area contributed by atoms with E-state index < -0.39 is 5.60 Å². The lowest BCUT2D eigenvalue weighted by atomic mass is 10.0. The molecule has 0 saturated carbocycles. The van der Waals surface area contributed by atoms with Crippen LogP contribution in [0, 0.1) is 0 Å². The Morgan fingerprint density at radius 1 is 1.47 bits per heavy atom. The number of nitrogens with zero attached hydrogens (tertiary/aromatic N) is 2. The molecule has 1 aliphatic rings. The maximum absolute atomic E-state index is 11.9. The summed E-state index contributed by atoms with van der Waals surface area (Å²) in [6.45, 7) is 3.30. The molecule has 0 bridgehead atoms. The molecule has 1 fully saturated rings. The first-order valence-corrected chi connectivity index (χ1v) is 5.67. The number of carbonyl (C=O) groups is 2. The molecule has 17 heavy (non-hydrogen) atoms. The van der Waals surface area contributed by atoms with E-state index in [1.807, 2.05) is 19.0 Å². The second-order valence-electron chi connectivity index (χ2n) is 4.71. The number of hydrogen-bond acceptors (Lipinski definition) is 4. The van der Waals surface area contributed by atoms with Crippen LogP contribution in [-0.4, -0.2) is 74.6 Å². The van der Waals surface area contributed by atoms with Crippen molar-refractivity contribution in [2.24, 2.45) is 0 Å². The third kappa shape index (κ3) is 3.41. The van der Waals surface area contributed by atoms with Gasteiger partial charge in [0, 0.05) is 13.6 Å². The quantitative estimate of drug-likeness (QED) is 0.684. The van der Waals surface area contributed by atoms with Gasteiger partial charge in [0.15, 0.2) is 5.60 Å². The van der Waals surface area contributed by atoms with Crippen LogP contribution in [0.2, 0.25) is 0 Å². The highest BCUT2D eigenvalue weighted by atomic mass is 16.5. The van der Waals surface area contributed by atoms with Crippen molar-refractivity contribution in [3.8, 4) is 0 Å². The van der Waals surface area contributed by atoms with Crippen LogP contribution in [0.4, 0.5) is 0 Å². The Labute approximate surface area is 102 Å². The van der Waals surface area contributed by atoms with Crippen molar-refractivity contribution in [2.75, 3.05) is 47.4 Å². The van der Waals surface area contributed by atoms with Gasteiger partial charge in [-0.05, 0) is 21.0 Å². The Morgan fingerprint density at radius 3 is 2.65 bits per heavy atom. The van der Waals surface area contributed by atoms with Gasteiger partial charge in [0.25, 0.3) is 5.91 Å². The van der Waals surface area contributed by atoms with Crippen LogP contribution in [0.15, 0.2) is 0 Å². The molecule has 0 unspecified atom stereocenters. The van der Waals surface area contributed by atoms with E-state index in [0.717, 1.165) is 0 Å². The summed E-state index contributed by atoms with van der Waals surface area (Å²) in [6.07, 6.45) is 0. The number of carbonyl (C=O) groups excluding carboxylic acids is 2. The molecule has 1 heterocycles. The van der Waals surface area contributed by atoms with Crippen molar-refractivity contribution in [3.63, 3.8) is 0 Å². The van der Waals surface area contributed by atoms with Gasteiger partial charge in [-0.3, -0.25) is 9.59 Å².